The molecule has 2 aromatic carbocycles. The van der Waals surface area contributed by atoms with Gasteiger partial charge in [0.15, 0.2) is 10.9 Å². The summed E-state index contributed by atoms with van der Waals surface area (Å²) < 4.78 is 2.24. The maximum absolute atomic E-state index is 11.9. The number of rotatable bonds is 4. The van der Waals surface area contributed by atoms with E-state index < -0.39 is 5.92 Å². The number of hydrogen-bond acceptors (Lipinski definition) is 3. The fraction of sp³-hybridized carbons (Fsp3) is 0.300. The smallest absolute Gasteiger partial charge is 0.199 e. The normalized spacial score (nSPS) is 19.0. The number of aromatic nitrogens is 1. The minimum atomic E-state index is -0.452. The number of fused-ring (bicyclic) bond motifs is 3. The molecule has 134 valence electrons. The van der Waals surface area contributed by atoms with Crippen LogP contribution in [0.3, 0.4) is 0 Å². The first-order chi connectivity index (χ1) is 12.4. The third kappa shape index (κ3) is 3.15. The van der Waals surface area contributed by atoms with Crippen LogP contribution >= 0.6 is 35.0 Å². The van der Waals surface area contributed by atoms with Gasteiger partial charge in [-0.25, -0.2) is 0 Å². The Labute approximate surface area is 165 Å². The first kappa shape index (κ1) is 17.9. The van der Waals surface area contributed by atoms with Gasteiger partial charge in [-0.3, -0.25) is 9.59 Å². The van der Waals surface area contributed by atoms with E-state index in [0.29, 0.717) is 22.2 Å². The van der Waals surface area contributed by atoms with E-state index in [9.17, 15) is 9.59 Å². The molecule has 1 aliphatic rings. The van der Waals surface area contributed by atoms with E-state index in [2.05, 4.69) is 11.5 Å². The van der Waals surface area contributed by atoms with Crippen LogP contribution in [0.4, 0.5) is 0 Å². The Morgan fingerprint density at radius 2 is 1.65 bits per heavy atom. The van der Waals surface area contributed by atoms with Crippen LogP contribution in [0.2, 0.25) is 10.0 Å². The van der Waals surface area contributed by atoms with E-state index >= 15 is 0 Å². The minimum absolute atomic E-state index is 0.0163. The third-order valence-electron chi connectivity index (χ3n) is 4.95. The Hall–Kier alpha value is -1.49. The van der Waals surface area contributed by atoms with E-state index in [4.69, 9.17) is 23.2 Å². The van der Waals surface area contributed by atoms with E-state index in [1.54, 1.807) is 0 Å². The molecule has 0 amide bonds. The van der Waals surface area contributed by atoms with Gasteiger partial charge in [0.05, 0.1) is 11.7 Å². The van der Waals surface area contributed by atoms with Crippen LogP contribution in [-0.4, -0.2) is 21.2 Å². The van der Waals surface area contributed by atoms with Gasteiger partial charge in [-0.2, -0.15) is 0 Å². The quantitative estimate of drug-likeness (QED) is 0.531. The van der Waals surface area contributed by atoms with E-state index in [0.717, 1.165) is 40.1 Å². The highest BCUT2D eigenvalue weighted by molar-refractivity contribution is 8.15. The van der Waals surface area contributed by atoms with Crippen molar-refractivity contribution in [3.63, 3.8) is 0 Å². The van der Waals surface area contributed by atoms with Gasteiger partial charge in [0.1, 0.15) is 0 Å². The number of carbonyl (C=O) groups excluding carboxylic acids is 2. The number of Topliss-reactive ketones (excluding diaryl/α,β-unsaturated/α-hetero) is 1. The molecule has 0 saturated carbocycles. The number of nitrogens with zero attached hydrogens (tertiary/aromatic N) is 1. The summed E-state index contributed by atoms with van der Waals surface area (Å²) in [5.74, 6) is 0.124. The molecule has 1 fully saturated rings. The second kappa shape index (κ2) is 6.91. The van der Waals surface area contributed by atoms with Crippen molar-refractivity contribution in [3.05, 3.63) is 46.4 Å². The van der Waals surface area contributed by atoms with Gasteiger partial charge >= 0.3 is 0 Å². The molecule has 6 heteroatoms. The zero-order chi connectivity index (χ0) is 18.4. The Morgan fingerprint density at radius 3 is 2.15 bits per heavy atom. The maximum atomic E-state index is 11.9. The third-order valence-corrected chi connectivity index (χ3v) is 6.42. The first-order valence-corrected chi connectivity index (χ1v) is 10.2. The summed E-state index contributed by atoms with van der Waals surface area (Å²) in [4.78, 5) is 23.9. The molecule has 0 N–H and O–H groups in total. The summed E-state index contributed by atoms with van der Waals surface area (Å²) in [6.07, 6.45) is 0.590. The Kier molecular flexibility index (Phi) is 4.76. The molecule has 2 unspecified atom stereocenters. The summed E-state index contributed by atoms with van der Waals surface area (Å²) in [6.45, 7) is 2.82. The maximum Gasteiger partial charge on any atom is 0.199 e. The zero-order valence-electron chi connectivity index (χ0n) is 14.2. The number of halogens is 2. The molecule has 1 aliphatic heterocycles. The Morgan fingerprint density at radius 1 is 1.08 bits per heavy atom. The van der Waals surface area contributed by atoms with Crippen LogP contribution in [0.15, 0.2) is 36.4 Å². The molecule has 0 aliphatic carbocycles. The van der Waals surface area contributed by atoms with E-state index in [1.165, 1.54) is 0 Å². The predicted molar refractivity (Wildman–Crippen MR) is 109 cm³/mol. The lowest BCUT2D eigenvalue weighted by atomic mass is 9.94. The molecule has 0 bridgehead atoms. The molecule has 1 aromatic heterocycles. The predicted octanol–water partition coefficient (Wildman–Crippen LogP) is 5.59. The van der Waals surface area contributed by atoms with E-state index in [-0.39, 0.29) is 16.8 Å². The minimum Gasteiger partial charge on any atom is -0.340 e. The van der Waals surface area contributed by atoms with Gasteiger partial charge in [-0.05, 0) is 48.7 Å². The second-order valence-corrected chi connectivity index (χ2v) is 8.75. The number of thioether (sulfide) groups is 1. The highest BCUT2D eigenvalue weighted by Gasteiger charge is 2.34. The van der Waals surface area contributed by atoms with Crippen molar-refractivity contribution in [2.45, 2.75) is 19.9 Å². The van der Waals surface area contributed by atoms with Gasteiger partial charge in [-0.15, -0.1) is 0 Å². The average molecular weight is 406 g/mol. The molecule has 3 aromatic rings. The fourth-order valence-electron chi connectivity index (χ4n) is 3.74. The van der Waals surface area contributed by atoms with E-state index in [1.807, 2.05) is 36.4 Å². The van der Waals surface area contributed by atoms with Gasteiger partial charge in [0, 0.05) is 38.4 Å². The molecule has 1 saturated heterocycles. The molecule has 4 rings (SSSR count). The summed E-state index contributed by atoms with van der Waals surface area (Å²) in [5.41, 5.74) is 2.16. The van der Waals surface area contributed by atoms with Crippen LogP contribution in [0.1, 0.15) is 13.3 Å². The lowest BCUT2D eigenvalue weighted by Gasteiger charge is -2.17. The molecule has 0 radical (unpaired) electrons. The number of hydrogen-bond donors (Lipinski definition) is 0. The molecular formula is C20H17Cl2NO2S. The van der Waals surface area contributed by atoms with Gasteiger partial charge in [-0.1, -0.05) is 41.9 Å². The van der Waals surface area contributed by atoms with Crippen molar-refractivity contribution >= 4 is 67.7 Å². The summed E-state index contributed by atoms with van der Waals surface area (Å²) in [5, 5.41) is 3.51. The van der Waals surface area contributed by atoms with Crippen LogP contribution in [0.25, 0.3) is 21.8 Å². The van der Waals surface area contributed by atoms with Crippen LogP contribution < -0.4 is 0 Å². The number of benzene rings is 2. The standard InChI is InChI=1S/C20H17Cl2NO2S/c1-11(6-16-19(24)10-26-20(16)25)9-23-17-4-2-12(21)7-14(17)15-8-13(22)3-5-18(15)23/h2-5,7-8,11,16H,6,9-10H2,1H3. The van der Waals surface area contributed by atoms with Crippen LogP contribution in [0, 0.1) is 11.8 Å². The SMILES string of the molecule is CC(CC1C(=O)CSC1=O)Cn1c2ccc(Cl)cc2c2cc(Cl)ccc21. The topological polar surface area (TPSA) is 39.1 Å². The van der Waals surface area contributed by atoms with Gasteiger partial charge in [0.25, 0.3) is 0 Å². The largest absolute Gasteiger partial charge is 0.340 e. The van der Waals surface area contributed by atoms with Crippen LogP contribution in [-0.2, 0) is 16.1 Å². The molecule has 3 nitrogen and oxygen atoms in total. The molecule has 26 heavy (non-hydrogen) atoms. The molecular weight excluding hydrogens is 389 g/mol. The first-order valence-electron chi connectivity index (χ1n) is 8.50. The van der Waals surface area contributed by atoms with Crippen molar-refractivity contribution in [2.75, 3.05) is 5.75 Å². The summed E-state index contributed by atoms with van der Waals surface area (Å²) in [6, 6.07) is 11.7. The Balaban J connectivity index is 1.73. The van der Waals surface area contributed by atoms with Crippen molar-refractivity contribution in [2.24, 2.45) is 11.8 Å². The summed E-state index contributed by atoms with van der Waals surface area (Å²) in [7, 11) is 0. The highest BCUT2D eigenvalue weighted by atomic mass is 35.5. The van der Waals surface area contributed by atoms with Gasteiger partial charge < -0.3 is 4.57 Å². The lowest BCUT2D eigenvalue weighted by Crippen LogP contribution is -2.20. The zero-order valence-corrected chi connectivity index (χ0v) is 16.5. The monoisotopic (exact) mass is 405 g/mol. The molecule has 0 spiro atoms. The Bertz CT molecular complexity index is 968. The lowest BCUT2D eigenvalue weighted by molar-refractivity contribution is -0.126. The number of carbonyl (C=O) groups is 2. The second-order valence-electron chi connectivity index (χ2n) is 6.90. The fourth-order valence-corrected chi connectivity index (χ4v) is 5.00. The van der Waals surface area contributed by atoms with Crippen molar-refractivity contribution < 1.29 is 9.59 Å². The number of ketones is 1. The summed E-state index contributed by atoms with van der Waals surface area (Å²) >= 11 is 13.5. The van der Waals surface area contributed by atoms with Crippen molar-refractivity contribution in [1.29, 1.82) is 0 Å². The van der Waals surface area contributed by atoms with Crippen molar-refractivity contribution in [3.8, 4) is 0 Å². The highest BCUT2D eigenvalue weighted by Crippen LogP contribution is 2.35. The molecule has 2 atom stereocenters. The van der Waals surface area contributed by atoms with Crippen molar-refractivity contribution in [1.82, 2.24) is 4.57 Å². The van der Waals surface area contributed by atoms with Gasteiger partial charge in [0.2, 0.25) is 0 Å². The average Bonchev–Trinajstić information content (AvgIpc) is 3.07. The van der Waals surface area contributed by atoms with Crippen LogP contribution in [0.5, 0.6) is 0 Å². The molecule has 2 heterocycles.